The molecule has 1 rings (SSSR count). The summed E-state index contributed by atoms with van der Waals surface area (Å²) in [5.41, 5.74) is 5.49. The molecule has 10 heavy (non-hydrogen) atoms. The standard InChI is InChI=1S/C6H11N3O/c1-3-10-6-8-4-5(7)9(6)2/h4H,3,7H2,1-2H3. The van der Waals surface area contributed by atoms with Gasteiger partial charge in [0.2, 0.25) is 0 Å². The van der Waals surface area contributed by atoms with Crippen molar-refractivity contribution in [1.82, 2.24) is 9.55 Å². The lowest BCUT2D eigenvalue weighted by molar-refractivity contribution is 0.303. The third kappa shape index (κ3) is 1.05. The van der Waals surface area contributed by atoms with Crippen molar-refractivity contribution in [3.05, 3.63) is 6.20 Å². The number of nitrogens with zero attached hydrogens (tertiary/aromatic N) is 2. The second-order valence-electron chi connectivity index (χ2n) is 1.96. The van der Waals surface area contributed by atoms with Gasteiger partial charge in [-0.15, -0.1) is 0 Å². The van der Waals surface area contributed by atoms with Crippen LogP contribution >= 0.6 is 0 Å². The molecular weight excluding hydrogens is 130 g/mol. The summed E-state index contributed by atoms with van der Waals surface area (Å²) >= 11 is 0. The van der Waals surface area contributed by atoms with Crippen molar-refractivity contribution >= 4 is 5.82 Å². The summed E-state index contributed by atoms with van der Waals surface area (Å²) in [4.78, 5) is 3.92. The van der Waals surface area contributed by atoms with E-state index < -0.39 is 0 Å². The Hall–Kier alpha value is -1.19. The number of rotatable bonds is 2. The van der Waals surface area contributed by atoms with Crippen LogP contribution in [0.3, 0.4) is 0 Å². The smallest absolute Gasteiger partial charge is 0.297 e. The SMILES string of the molecule is CCOc1ncc(N)n1C. The Labute approximate surface area is 59.6 Å². The molecule has 0 aliphatic heterocycles. The molecule has 4 heteroatoms. The summed E-state index contributed by atoms with van der Waals surface area (Å²) in [5, 5.41) is 0. The van der Waals surface area contributed by atoms with Crippen LogP contribution < -0.4 is 10.5 Å². The minimum absolute atomic E-state index is 0.569. The molecule has 56 valence electrons. The van der Waals surface area contributed by atoms with Crippen molar-refractivity contribution in [3.8, 4) is 6.01 Å². The summed E-state index contributed by atoms with van der Waals surface area (Å²) in [6.45, 7) is 2.52. The first-order valence-electron chi connectivity index (χ1n) is 3.15. The number of anilines is 1. The fourth-order valence-electron chi connectivity index (χ4n) is 0.668. The van der Waals surface area contributed by atoms with E-state index in [1.54, 1.807) is 10.8 Å². The average molecular weight is 141 g/mol. The summed E-state index contributed by atoms with van der Waals surface area (Å²) in [7, 11) is 1.81. The molecule has 1 aromatic rings. The van der Waals surface area contributed by atoms with E-state index in [1.165, 1.54) is 0 Å². The van der Waals surface area contributed by atoms with Gasteiger partial charge in [-0.2, -0.15) is 0 Å². The highest BCUT2D eigenvalue weighted by Gasteiger charge is 2.01. The number of nitrogens with two attached hydrogens (primary N) is 1. The van der Waals surface area contributed by atoms with E-state index in [0.717, 1.165) is 0 Å². The van der Waals surface area contributed by atoms with Gasteiger partial charge in [-0.05, 0) is 6.92 Å². The van der Waals surface area contributed by atoms with Crippen LogP contribution in [0.5, 0.6) is 6.01 Å². The zero-order valence-electron chi connectivity index (χ0n) is 6.16. The van der Waals surface area contributed by atoms with Crippen LogP contribution in [0.4, 0.5) is 5.82 Å². The van der Waals surface area contributed by atoms with Crippen LogP contribution in [-0.2, 0) is 7.05 Å². The zero-order valence-corrected chi connectivity index (χ0v) is 6.16. The predicted molar refractivity (Wildman–Crippen MR) is 38.8 cm³/mol. The van der Waals surface area contributed by atoms with E-state index in [2.05, 4.69) is 4.98 Å². The molecule has 0 aliphatic carbocycles. The van der Waals surface area contributed by atoms with Crippen LogP contribution in [0.15, 0.2) is 6.20 Å². The van der Waals surface area contributed by atoms with Gasteiger partial charge in [0.1, 0.15) is 5.82 Å². The summed E-state index contributed by atoms with van der Waals surface area (Å²) in [5.74, 6) is 0.614. The van der Waals surface area contributed by atoms with E-state index in [1.807, 2.05) is 14.0 Å². The Morgan fingerprint density at radius 1 is 1.80 bits per heavy atom. The number of nitrogen functional groups attached to an aromatic ring is 1. The number of ether oxygens (including phenoxy) is 1. The molecule has 0 saturated carbocycles. The molecule has 4 nitrogen and oxygen atoms in total. The first-order valence-corrected chi connectivity index (χ1v) is 3.15. The molecule has 0 fully saturated rings. The monoisotopic (exact) mass is 141 g/mol. The fraction of sp³-hybridized carbons (Fsp3) is 0.500. The van der Waals surface area contributed by atoms with E-state index >= 15 is 0 Å². The second-order valence-corrected chi connectivity index (χ2v) is 1.96. The van der Waals surface area contributed by atoms with Crippen molar-refractivity contribution in [1.29, 1.82) is 0 Å². The summed E-state index contributed by atoms with van der Waals surface area (Å²) in [6.07, 6.45) is 1.57. The third-order valence-electron chi connectivity index (χ3n) is 1.25. The molecule has 0 aliphatic rings. The number of imidazole rings is 1. The highest BCUT2D eigenvalue weighted by atomic mass is 16.5. The van der Waals surface area contributed by atoms with Crippen LogP contribution in [0, 0.1) is 0 Å². The van der Waals surface area contributed by atoms with Gasteiger partial charge < -0.3 is 10.5 Å². The van der Waals surface area contributed by atoms with Crippen molar-refractivity contribution in [2.45, 2.75) is 6.92 Å². The first-order chi connectivity index (χ1) is 4.75. The largest absolute Gasteiger partial charge is 0.465 e. The molecular formula is C6H11N3O. The quantitative estimate of drug-likeness (QED) is 0.648. The van der Waals surface area contributed by atoms with E-state index in [9.17, 15) is 0 Å². The molecule has 0 spiro atoms. The van der Waals surface area contributed by atoms with Gasteiger partial charge in [0.15, 0.2) is 0 Å². The summed E-state index contributed by atoms with van der Waals surface area (Å²) < 4.78 is 6.83. The van der Waals surface area contributed by atoms with Crippen LogP contribution in [0.25, 0.3) is 0 Å². The Morgan fingerprint density at radius 3 is 2.90 bits per heavy atom. The van der Waals surface area contributed by atoms with Crippen molar-refractivity contribution in [3.63, 3.8) is 0 Å². The predicted octanol–water partition coefficient (Wildman–Crippen LogP) is 0.401. The number of aromatic nitrogens is 2. The Kier molecular flexibility index (Phi) is 1.80. The molecule has 0 bridgehead atoms. The zero-order chi connectivity index (χ0) is 7.56. The molecule has 0 amide bonds. The normalized spacial score (nSPS) is 9.80. The van der Waals surface area contributed by atoms with Gasteiger partial charge in [-0.3, -0.25) is 4.57 Å². The van der Waals surface area contributed by atoms with Crippen LogP contribution in [0.1, 0.15) is 6.92 Å². The number of hydrogen-bond acceptors (Lipinski definition) is 3. The molecule has 0 aromatic carbocycles. The molecule has 0 saturated heterocycles. The molecule has 1 aromatic heterocycles. The highest BCUT2D eigenvalue weighted by molar-refractivity contribution is 5.29. The molecule has 2 N–H and O–H groups in total. The van der Waals surface area contributed by atoms with E-state index in [-0.39, 0.29) is 0 Å². The van der Waals surface area contributed by atoms with Crippen LogP contribution in [0.2, 0.25) is 0 Å². The molecule has 0 unspecified atom stereocenters. The lowest BCUT2D eigenvalue weighted by Crippen LogP contribution is -2.01. The fourth-order valence-corrected chi connectivity index (χ4v) is 0.668. The minimum atomic E-state index is 0.569. The maximum Gasteiger partial charge on any atom is 0.297 e. The second kappa shape index (κ2) is 2.60. The third-order valence-corrected chi connectivity index (χ3v) is 1.25. The molecule has 0 radical (unpaired) electrons. The van der Waals surface area contributed by atoms with Gasteiger partial charge >= 0.3 is 0 Å². The first kappa shape index (κ1) is 6.92. The lowest BCUT2D eigenvalue weighted by Gasteiger charge is -2.01. The van der Waals surface area contributed by atoms with E-state index in [0.29, 0.717) is 18.4 Å². The number of hydrogen-bond donors (Lipinski definition) is 1. The lowest BCUT2D eigenvalue weighted by atomic mass is 10.8. The van der Waals surface area contributed by atoms with Crippen molar-refractivity contribution in [2.75, 3.05) is 12.3 Å². The van der Waals surface area contributed by atoms with Gasteiger partial charge in [0.05, 0.1) is 12.8 Å². The van der Waals surface area contributed by atoms with Gasteiger partial charge in [-0.25, -0.2) is 4.98 Å². The van der Waals surface area contributed by atoms with Gasteiger partial charge in [-0.1, -0.05) is 0 Å². The van der Waals surface area contributed by atoms with Gasteiger partial charge in [0.25, 0.3) is 6.01 Å². The Morgan fingerprint density at radius 2 is 2.50 bits per heavy atom. The van der Waals surface area contributed by atoms with Gasteiger partial charge in [0, 0.05) is 7.05 Å². The Balaban J connectivity index is 2.83. The summed E-state index contributed by atoms with van der Waals surface area (Å²) in [6, 6.07) is 0.569. The minimum Gasteiger partial charge on any atom is -0.465 e. The maximum atomic E-state index is 5.49. The van der Waals surface area contributed by atoms with Crippen molar-refractivity contribution in [2.24, 2.45) is 7.05 Å². The van der Waals surface area contributed by atoms with E-state index in [4.69, 9.17) is 10.5 Å². The average Bonchev–Trinajstić information content (AvgIpc) is 2.20. The Bertz CT molecular complexity index is 219. The molecule has 1 heterocycles. The maximum absolute atomic E-state index is 5.49. The van der Waals surface area contributed by atoms with Crippen molar-refractivity contribution < 1.29 is 4.74 Å². The topological polar surface area (TPSA) is 53.1 Å². The molecule has 0 atom stereocenters. The van der Waals surface area contributed by atoms with Crippen LogP contribution in [-0.4, -0.2) is 16.2 Å². The highest BCUT2D eigenvalue weighted by Crippen LogP contribution is 2.10.